The highest BCUT2D eigenvalue weighted by molar-refractivity contribution is 7.97. The molecule has 3 saturated carbocycles. The van der Waals surface area contributed by atoms with Crippen molar-refractivity contribution in [3.8, 4) is 0 Å². The fraction of sp³-hybridized carbons (Fsp3) is 0.442. The maximum atomic E-state index is 13.2. The minimum Gasteiger partial charge on any atom is -0.282 e. The molecule has 5 heteroatoms. The van der Waals surface area contributed by atoms with E-state index in [0.717, 1.165) is 75.3 Å². The average Bonchev–Trinajstić information content (AvgIpc) is 3.13. The number of benzene rings is 4. The quantitative estimate of drug-likeness (QED) is 0.149. The van der Waals surface area contributed by atoms with Gasteiger partial charge in [0.1, 0.15) is 4.90 Å². The largest absolute Gasteiger partial charge is 0.295 e. The maximum absolute atomic E-state index is 13.2. The van der Waals surface area contributed by atoms with E-state index in [2.05, 4.69) is 97.9 Å². The van der Waals surface area contributed by atoms with Crippen LogP contribution >= 0.6 is 0 Å². The summed E-state index contributed by atoms with van der Waals surface area (Å²) in [7, 11) is -4.56. The van der Waals surface area contributed by atoms with Gasteiger partial charge in [0, 0.05) is 0 Å². The molecule has 0 aromatic heterocycles. The summed E-state index contributed by atoms with van der Waals surface area (Å²) in [6, 6.07) is 33.8. The van der Waals surface area contributed by atoms with Gasteiger partial charge in [-0.25, -0.2) is 0 Å². The molecule has 4 aromatic rings. The molecule has 0 spiro atoms. The van der Waals surface area contributed by atoms with Crippen molar-refractivity contribution < 1.29 is 13.0 Å². The summed E-state index contributed by atoms with van der Waals surface area (Å²) in [6.07, 6.45) is 15.6. The molecule has 3 atom stereocenters. The Hall–Kier alpha value is -2.86. The molecule has 0 aliphatic heterocycles. The molecule has 7 rings (SSSR count). The highest BCUT2D eigenvalue weighted by atomic mass is 32.2. The van der Waals surface area contributed by atoms with Crippen molar-refractivity contribution in [3.63, 3.8) is 0 Å². The van der Waals surface area contributed by atoms with Crippen molar-refractivity contribution >= 4 is 21.0 Å². The molecule has 3 aliphatic carbocycles. The molecular weight excluding hydrogens is 629 g/mol. The molecule has 252 valence electrons. The first-order valence-electron chi connectivity index (χ1n) is 18.5. The minimum atomic E-state index is -4.35. The van der Waals surface area contributed by atoms with E-state index in [-0.39, 0.29) is 27.6 Å². The zero-order chi connectivity index (χ0) is 33.1. The maximum Gasteiger partial charge on any atom is 0.295 e. The fourth-order valence-electron chi connectivity index (χ4n) is 9.08. The van der Waals surface area contributed by atoms with Gasteiger partial charge < -0.3 is 0 Å². The van der Waals surface area contributed by atoms with Crippen molar-refractivity contribution in [2.45, 2.75) is 140 Å². The lowest BCUT2D eigenvalue weighted by Crippen LogP contribution is -2.21. The van der Waals surface area contributed by atoms with Gasteiger partial charge in [0.05, 0.1) is 10.9 Å². The molecule has 0 amide bonds. The standard InChI is InChI=1S/C43H50O3S2/c1-31-24-26-37(27-25-31)47(36-19-9-4-10-20-36)38-21-13-18-34(28-38)39-22-11-12-23-40(39)35-29-41(32-14-5-2-6-15-32)43(48(44,45)46)42(30-35)33-16-7-3-8-17-33/h4,9-10,13,18-21,24-30,32-33,39-40H,2-3,5-8,11-12,14-17,22-23H2,1H3/p+1. The molecule has 0 bridgehead atoms. The lowest BCUT2D eigenvalue weighted by Gasteiger charge is -2.35. The Morgan fingerprint density at radius 1 is 0.542 bits per heavy atom. The van der Waals surface area contributed by atoms with Crippen LogP contribution in [0.1, 0.15) is 141 Å². The van der Waals surface area contributed by atoms with Crippen LogP contribution in [-0.4, -0.2) is 13.0 Å². The molecule has 0 radical (unpaired) electrons. The summed E-state index contributed by atoms with van der Waals surface area (Å²) in [6.45, 7) is 2.15. The van der Waals surface area contributed by atoms with E-state index in [1.165, 1.54) is 57.1 Å². The van der Waals surface area contributed by atoms with Crippen molar-refractivity contribution in [1.82, 2.24) is 0 Å². The van der Waals surface area contributed by atoms with Gasteiger partial charge in [0.15, 0.2) is 14.7 Å². The molecule has 4 aromatic carbocycles. The zero-order valence-electron chi connectivity index (χ0n) is 28.4. The molecule has 3 fully saturated rings. The summed E-state index contributed by atoms with van der Waals surface area (Å²) < 4.78 is 37.3. The summed E-state index contributed by atoms with van der Waals surface area (Å²) in [5.74, 6) is 1.09. The van der Waals surface area contributed by atoms with Gasteiger partial charge in [-0.05, 0) is 128 Å². The first-order chi connectivity index (χ1) is 23.4. The summed E-state index contributed by atoms with van der Waals surface area (Å²) in [4.78, 5) is 4.27. The van der Waals surface area contributed by atoms with Gasteiger partial charge in [-0.3, -0.25) is 4.55 Å². The molecule has 3 unspecified atom stereocenters. The third-order valence-electron chi connectivity index (χ3n) is 11.5. The van der Waals surface area contributed by atoms with Crippen LogP contribution in [0.5, 0.6) is 0 Å². The second-order valence-electron chi connectivity index (χ2n) is 14.7. The van der Waals surface area contributed by atoms with Crippen molar-refractivity contribution in [2.75, 3.05) is 0 Å². The summed E-state index contributed by atoms with van der Waals surface area (Å²) >= 11 is 0. The van der Waals surface area contributed by atoms with E-state index in [0.29, 0.717) is 11.8 Å². The number of hydrogen-bond donors (Lipinski definition) is 1. The van der Waals surface area contributed by atoms with Crippen LogP contribution in [0.2, 0.25) is 0 Å². The molecule has 3 aliphatic rings. The van der Waals surface area contributed by atoms with Gasteiger partial charge in [0.2, 0.25) is 0 Å². The second kappa shape index (κ2) is 14.9. The summed E-state index contributed by atoms with van der Waals surface area (Å²) in [5.41, 5.74) is 5.81. The molecule has 0 heterocycles. The number of hydrogen-bond acceptors (Lipinski definition) is 2. The topological polar surface area (TPSA) is 54.4 Å². The first-order valence-corrected chi connectivity index (χ1v) is 21.1. The molecule has 0 saturated heterocycles. The van der Waals surface area contributed by atoms with Gasteiger partial charge >= 0.3 is 0 Å². The lowest BCUT2D eigenvalue weighted by molar-refractivity contribution is 0.382. The lowest BCUT2D eigenvalue weighted by atomic mass is 9.70. The van der Waals surface area contributed by atoms with Crippen molar-refractivity contribution in [3.05, 3.63) is 119 Å². The van der Waals surface area contributed by atoms with Crippen molar-refractivity contribution in [1.29, 1.82) is 0 Å². The van der Waals surface area contributed by atoms with Crippen LogP contribution in [-0.2, 0) is 21.0 Å². The highest BCUT2D eigenvalue weighted by Gasteiger charge is 2.36. The first kappa shape index (κ1) is 33.6. The number of aryl methyl sites for hydroxylation is 1. The predicted molar refractivity (Wildman–Crippen MR) is 198 cm³/mol. The van der Waals surface area contributed by atoms with Gasteiger partial charge in [-0.2, -0.15) is 8.42 Å². The van der Waals surface area contributed by atoms with E-state index >= 15 is 0 Å². The summed E-state index contributed by atoms with van der Waals surface area (Å²) in [5, 5.41) is 0. The van der Waals surface area contributed by atoms with Gasteiger partial charge in [-0.15, -0.1) is 0 Å². The Balaban J connectivity index is 1.33. The SMILES string of the molecule is Cc1ccc([S+](c2ccccc2)c2cccc(C3CCCCC3c3cc(C4CCCCC4)c(S(=O)(=O)O)c(C4CCCCC4)c3)c2)cc1. The monoisotopic (exact) mass is 679 g/mol. The van der Waals surface area contributed by atoms with E-state index in [4.69, 9.17) is 0 Å². The molecule has 48 heavy (non-hydrogen) atoms. The minimum absolute atomic E-state index is 0.200. The Bertz CT molecular complexity index is 1750. The average molecular weight is 680 g/mol. The van der Waals surface area contributed by atoms with E-state index in [9.17, 15) is 13.0 Å². The molecule has 3 nitrogen and oxygen atoms in total. The normalized spacial score (nSPS) is 22.0. The van der Waals surface area contributed by atoms with Crippen LogP contribution < -0.4 is 0 Å². The third kappa shape index (κ3) is 7.34. The van der Waals surface area contributed by atoms with E-state index in [1.54, 1.807) is 0 Å². The molecular formula is C43H51O3S2+. The van der Waals surface area contributed by atoms with E-state index < -0.39 is 10.1 Å². The second-order valence-corrected chi connectivity index (χ2v) is 18.1. The van der Waals surface area contributed by atoms with Crippen LogP contribution in [0.15, 0.2) is 111 Å². The Morgan fingerprint density at radius 3 is 1.60 bits per heavy atom. The highest BCUT2D eigenvalue weighted by Crippen LogP contribution is 2.49. The Morgan fingerprint density at radius 2 is 1.04 bits per heavy atom. The zero-order valence-corrected chi connectivity index (χ0v) is 30.1. The fourth-order valence-corrected chi connectivity index (χ4v) is 12.3. The van der Waals surface area contributed by atoms with Crippen LogP contribution in [0, 0.1) is 6.92 Å². The number of rotatable bonds is 8. The van der Waals surface area contributed by atoms with Crippen LogP contribution in [0.4, 0.5) is 0 Å². The predicted octanol–water partition coefficient (Wildman–Crippen LogP) is 11.9. The smallest absolute Gasteiger partial charge is 0.282 e. The third-order valence-corrected chi connectivity index (χ3v) is 14.7. The van der Waals surface area contributed by atoms with Gasteiger partial charge in [-0.1, -0.05) is 112 Å². The van der Waals surface area contributed by atoms with Gasteiger partial charge in [0.25, 0.3) is 10.1 Å². The van der Waals surface area contributed by atoms with Crippen molar-refractivity contribution in [2.24, 2.45) is 0 Å². The Labute approximate surface area is 291 Å². The van der Waals surface area contributed by atoms with E-state index in [1.807, 2.05) is 0 Å². The Kier molecular flexibility index (Phi) is 10.5. The van der Waals surface area contributed by atoms with Crippen LogP contribution in [0.25, 0.3) is 0 Å². The molecule has 1 N–H and O–H groups in total. The van der Waals surface area contributed by atoms with Crippen LogP contribution in [0.3, 0.4) is 0 Å².